The zero-order valence-corrected chi connectivity index (χ0v) is 5.55. The smallest absolute Gasteiger partial charge is 0.0701 e. The molecule has 0 aromatic heterocycles. The van der Waals surface area contributed by atoms with Crippen molar-refractivity contribution < 1.29 is 9.84 Å². The predicted octanol–water partition coefficient (Wildman–Crippen LogP) is 0.794. The molecule has 0 aromatic carbocycles. The molecule has 2 heteroatoms. The standard InChI is InChI=1S/C6H14O2/c1-3-6(2)8-5-4-7/h6-7H,3-5H2,1-2H3/t6-/m0/s1. The van der Waals surface area contributed by atoms with Gasteiger partial charge in [-0.1, -0.05) is 6.92 Å². The summed E-state index contributed by atoms with van der Waals surface area (Å²) in [4.78, 5) is 0. The first-order valence-corrected chi connectivity index (χ1v) is 3.03. The summed E-state index contributed by atoms with van der Waals surface area (Å²) in [6.45, 7) is 4.65. The van der Waals surface area contributed by atoms with Crippen LogP contribution in [0.15, 0.2) is 0 Å². The summed E-state index contributed by atoms with van der Waals surface area (Å²) in [6.07, 6.45) is 1.31. The van der Waals surface area contributed by atoms with Crippen molar-refractivity contribution in [2.45, 2.75) is 26.4 Å². The maximum atomic E-state index is 8.29. The Morgan fingerprint density at radius 1 is 1.62 bits per heavy atom. The second kappa shape index (κ2) is 5.06. The molecule has 2 nitrogen and oxygen atoms in total. The molecule has 0 spiro atoms. The highest BCUT2D eigenvalue weighted by Crippen LogP contribution is 1.93. The van der Waals surface area contributed by atoms with Crippen molar-refractivity contribution in [1.82, 2.24) is 0 Å². The van der Waals surface area contributed by atoms with Crippen LogP contribution < -0.4 is 0 Å². The number of ether oxygens (including phenoxy) is 1. The van der Waals surface area contributed by atoms with E-state index in [1.54, 1.807) is 0 Å². The lowest BCUT2D eigenvalue weighted by Gasteiger charge is -2.07. The molecular formula is C6H14O2. The van der Waals surface area contributed by atoms with Crippen LogP contribution in [0.25, 0.3) is 0 Å². The Bertz CT molecular complexity index is 45.8. The van der Waals surface area contributed by atoms with E-state index in [4.69, 9.17) is 9.84 Å². The van der Waals surface area contributed by atoms with Gasteiger partial charge in [0.1, 0.15) is 0 Å². The highest BCUT2D eigenvalue weighted by Gasteiger charge is 1.94. The molecule has 0 rings (SSSR count). The molecule has 1 N–H and O–H groups in total. The second-order valence-corrected chi connectivity index (χ2v) is 1.81. The average molecular weight is 118 g/mol. The normalized spacial score (nSPS) is 13.9. The Morgan fingerprint density at radius 3 is 2.62 bits per heavy atom. The van der Waals surface area contributed by atoms with Crippen LogP contribution in [-0.2, 0) is 4.74 Å². The molecule has 0 fully saturated rings. The molecule has 0 amide bonds. The van der Waals surface area contributed by atoms with Crippen LogP contribution in [0.3, 0.4) is 0 Å². The van der Waals surface area contributed by atoms with Crippen molar-refractivity contribution in [1.29, 1.82) is 0 Å². The number of hydrogen-bond acceptors (Lipinski definition) is 2. The topological polar surface area (TPSA) is 29.5 Å². The van der Waals surface area contributed by atoms with Crippen molar-refractivity contribution in [3.05, 3.63) is 0 Å². The first-order chi connectivity index (χ1) is 3.81. The van der Waals surface area contributed by atoms with E-state index in [-0.39, 0.29) is 6.61 Å². The number of aliphatic hydroxyl groups is 1. The van der Waals surface area contributed by atoms with Gasteiger partial charge in [0.05, 0.1) is 19.3 Å². The van der Waals surface area contributed by atoms with Crippen molar-refractivity contribution in [2.24, 2.45) is 0 Å². The largest absolute Gasteiger partial charge is 0.394 e. The molecule has 0 aliphatic rings. The maximum Gasteiger partial charge on any atom is 0.0701 e. The molecule has 0 aromatic rings. The fraction of sp³-hybridized carbons (Fsp3) is 1.00. The summed E-state index contributed by atoms with van der Waals surface area (Å²) in [5, 5.41) is 8.29. The van der Waals surface area contributed by atoms with Gasteiger partial charge in [0.2, 0.25) is 0 Å². The summed E-state index contributed by atoms with van der Waals surface area (Å²) < 4.78 is 5.09. The maximum absolute atomic E-state index is 8.29. The van der Waals surface area contributed by atoms with E-state index < -0.39 is 0 Å². The minimum atomic E-state index is 0.129. The van der Waals surface area contributed by atoms with E-state index in [1.165, 1.54) is 0 Å². The van der Waals surface area contributed by atoms with Crippen molar-refractivity contribution >= 4 is 0 Å². The van der Waals surface area contributed by atoms with Crippen LogP contribution in [0, 0.1) is 0 Å². The molecule has 0 bridgehead atoms. The van der Waals surface area contributed by atoms with Gasteiger partial charge in [-0.25, -0.2) is 0 Å². The average Bonchev–Trinajstić information content (AvgIpc) is 1.83. The van der Waals surface area contributed by atoms with Gasteiger partial charge in [-0.05, 0) is 13.3 Å². The minimum Gasteiger partial charge on any atom is -0.394 e. The van der Waals surface area contributed by atoms with Gasteiger partial charge >= 0.3 is 0 Å². The van der Waals surface area contributed by atoms with Crippen LogP contribution in [-0.4, -0.2) is 24.4 Å². The fourth-order valence-electron chi connectivity index (χ4n) is 0.372. The summed E-state index contributed by atoms with van der Waals surface area (Å²) >= 11 is 0. The molecule has 0 unspecified atom stereocenters. The summed E-state index contributed by atoms with van der Waals surface area (Å²) in [6, 6.07) is 0. The zero-order valence-electron chi connectivity index (χ0n) is 5.55. The van der Waals surface area contributed by atoms with Gasteiger partial charge in [0.25, 0.3) is 0 Å². The fourth-order valence-corrected chi connectivity index (χ4v) is 0.372. The third-order valence-corrected chi connectivity index (χ3v) is 1.07. The second-order valence-electron chi connectivity index (χ2n) is 1.81. The predicted molar refractivity (Wildman–Crippen MR) is 32.8 cm³/mol. The highest BCUT2D eigenvalue weighted by molar-refractivity contribution is 4.42. The summed E-state index contributed by atoms with van der Waals surface area (Å²) in [7, 11) is 0. The molecule has 0 heterocycles. The molecule has 0 saturated heterocycles. The summed E-state index contributed by atoms with van der Waals surface area (Å²) in [5.41, 5.74) is 0. The third-order valence-electron chi connectivity index (χ3n) is 1.07. The number of rotatable bonds is 4. The lowest BCUT2D eigenvalue weighted by atomic mass is 10.3. The molecule has 8 heavy (non-hydrogen) atoms. The lowest BCUT2D eigenvalue weighted by Crippen LogP contribution is -2.09. The van der Waals surface area contributed by atoms with Gasteiger partial charge in [-0.2, -0.15) is 0 Å². The monoisotopic (exact) mass is 118 g/mol. The van der Waals surface area contributed by atoms with Crippen LogP contribution in [0.2, 0.25) is 0 Å². The van der Waals surface area contributed by atoms with Crippen LogP contribution in [0.5, 0.6) is 0 Å². The Hall–Kier alpha value is -0.0800. The highest BCUT2D eigenvalue weighted by atomic mass is 16.5. The van der Waals surface area contributed by atoms with Gasteiger partial charge in [0, 0.05) is 0 Å². The van der Waals surface area contributed by atoms with E-state index in [1.807, 2.05) is 6.92 Å². The van der Waals surface area contributed by atoms with E-state index in [0.717, 1.165) is 6.42 Å². The van der Waals surface area contributed by atoms with E-state index in [0.29, 0.717) is 12.7 Å². The SMILES string of the molecule is CC[C@H](C)OCCO. The Kier molecular flexibility index (Phi) is 5.01. The first kappa shape index (κ1) is 7.92. The number of hydrogen-bond donors (Lipinski definition) is 1. The van der Waals surface area contributed by atoms with E-state index in [2.05, 4.69) is 6.92 Å². The molecule has 0 saturated carbocycles. The van der Waals surface area contributed by atoms with Crippen molar-refractivity contribution in [3.63, 3.8) is 0 Å². The van der Waals surface area contributed by atoms with Crippen LogP contribution in [0.4, 0.5) is 0 Å². The quantitative estimate of drug-likeness (QED) is 0.591. The summed E-state index contributed by atoms with van der Waals surface area (Å²) in [5.74, 6) is 0. The zero-order chi connectivity index (χ0) is 6.41. The van der Waals surface area contributed by atoms with Crippen molar-refractivity contribution in [2.75, 3.05) is 13.2 Å². The van der Waals surface area contributed by atoms with Crippen LogP contribution >= 0.6 is 0 Å². The Balaban J connectivity index is 2.86. The number of aliphatic hydroxyl groups excluding tert-OH is 1. The van der Waals surface area contributed by atoms with Gasteiger partial charge in [-0.3, -0.25) is 0 Å². The van der Waals surface area contributed by atoms with E-state index >= 15 is 0 Å². The minimum absolute atomic E-state index is 0.129. The third kappa shape index (κ3) is 4.09. The molecular weight excluding hydrogens is 104 g/mol. The molecule has 0 aliphatic heterocycles. The van der Waals surface area contributed by atoms with Gasteiger partial charge in [-0.15, -0.1) is 0 Å². The molecule has 0 aliphatic carbocycles. The Labute approximate surface area is 50.5 Å². The van der Waals surface area contributed by atoms with Crippen molar-refractivity contribution in [3.8, 4) is 0 Å². The molecule has 1 atom stereocenters. The van der Waals surface area contributed by atoms with Gasteiger partial charge in [0.15, 0.2) is 0 Å². The molecule has 50 valence electrons. The van der Waals surface area contributed by atoms with Crippen LogP contribution in [0.1, 0.15) is 20.3 Å². The van der Waals surface area contributed by atoms with Gasteiger partial charge < -0.3 is 9.84 Å². The first-order valence-electron chi connectivity index (χ1n) is 3.03. The molecule has 0 radical (unpaired) electrons. The Morgan fingerprint density at radius 2 is 2.25 bits per heavy atom. The lowest BCUT2D eigenvalue weighted by molar-refractivity contribution is 0.0374. The van der Waals surface area contributed by atoms with E-state index in [9.17, 15) is 0 Å².